The zero-order valence-corrected chi connectivity index (χ0v) is 28.2. The normalized spacial score (nSPS) is 11.6. The molecule has 0 amide bonds. The molecule has 0 radical (unpaired) electrons. The van der Waals surface area contributed by atoms with E-state index in [1.165, 1.54) is 0 Å². The fraction of sp³-hybridized carbons (Fsp3) is 0.0435. The predicted molar refractivity (Wildman–Crippen MR) is 209 cm³/mol. The van der Waals surface area contributed by atoms with Gasteiger partial charge in [-0.05, 0) is 42.8 Å². The summed E-state index contributed by atoms with van der Waals surface area (Å²) in [6.45, 7) is 2.17. The van der Waals surface area contributed by atoms with Crippen LogP contribution in [0.4, 0.5) is 0 Å². The Hall–Kier alpha value is -6.92. The Morgan fingerprint density at radius 2 is 1.04 bits per heavy atom. The van der Waals surface area contributed by atoms with Crippen LogP contribution in [-0.2, 0) is 6.42 Å². The number of hydrogen-bond donors (Lipinski definition) is 0. The molecule has 6 heteroatoms. The molecule has 0 atom stereocenters. The lowest BCUT2D eigenvalue weighted by Crippen LogP contribution is -2.03. The van der Waals surface area contributed by atoms with Crippen LogP contribution in [0.2, 0.25) is 0 Å². The van der Waals surface area contributed by atoms with Crippen LogP contribution in [-0.4, -0.2) is 19.9 Å². The quantitative estimate of drug-likeness (QED) is 0.175. The number of nitrogens with zero attached hydrogens (tertiary/aromatic N) is 4. The second-order valence-electron chi connectivity index (χ2n) is 12.8. The first-order valence-electron chi connectivity index (χ1n) is 17.5. The first kappa shape index (κ1) is 29.9. The van der Waals surface area contributed by atoms with E-state index in [0.717, 1.165) is 95.3 Å². The summed E-state index contributed by atoms with van der Waals surface area (Å²) in [7, 11) is 0. The molecule has 0 bridgehead atoms. The van der Waals surface area contributed by atoms with E-state index >= 15 is 0 Å². The molecule has 0 saturated carbocycles. The second-order valence-corrected chi connectivity index (χ2v) is 12.8. The van der Waals surface area contributed by atoms with Crippen molar-refractivity contribution in [1.82, 2.24) is 19.9 Å². The first-order chi connectivity index (χ1) is 25.7. The molecule has 6 aromatic carbocycles. The van der Waals surface area contributed by atoms with Crippen LogP contribution in [0.15, 0.2) is 160 Å². The van der Waals surface area contributed by atoms with Crippen LogP contribution in [0.25, 0.3) is 101 Å². The molecule has 52 heavy (non-hydrogen) atoms. The summed E-state index contributed by atoms with van der Waals surface area (Å²) in [6, 6.07) is 51.1. The number of furan rings is 2. The molecule has 0 N–H and O–H groups in total. The fourth-order valence-corrected chi connectivity index (χ4v) is 7.27. The van der Waals surface area contributed by atoms with Crippen LogP contribution < -0.4 is 0 Å². The van der Waals surface area contributed by atoms with Crippen molar-refractivity contribution < 1.29 is 8.83 Å². The fourth-order valence-electron chi connectivity index (χ4n) is 7.27. The third kappa shape index (κ3) is 4.88. The van der Waals surface area contributed by atoms with Gasteiger partial charge in [0, 0.05) is 49.5 Å². The highest BCUT2D eigenvalue weighted by atomic mass is 16.3. The molecule has 0 aliphatic rings. The third-order valence-electron chi connectivity index (χ3n) is 9.72. The lowest BCUT2D eigenvalue weighted by atomic mass is 9.94. The Labute approximate surface area is 299 Å². The summed E-state index contributed by atoms with van der Waals surface area (Å²) in [6.07, 6.45) is 0.749. The SMILES string of the molecule is CCc1c(-c2ccccc2)nc(-c2ccccc2)nc1-c1cccc2oc3ccc(-c4nc(-c5ccccc5)nc5c4oc4ccccc45)cc3c12. The van der Waals surface area contributed by atoms with Gasteiger partial charge >= 0.3 is 0 Å². The van der Waals surface area contributed by atoms with Crippen molar-refractivity contribution in [3.63, 3.8) is 0 Å². The number of para-hydroxylation sites is 1. The largest absolute Gasteiger partial charge is 0.456 e. The average molecular weight is 671 g/mol. The molecule has 10 aromatic rings. The van der Waals surface area contributed by atoms with E-state index < -0.39 is 0 Å². The van der Waals surface area contributed by atoms with Crippen molar-refractivity contribution in [2.24, 2.45) is 0 Å². The molecule has 246 valence electrons. The van der Waals surface area contributed by atoms with Gasteiger partial charge < -0.3 is 8.83 Å². The summed E-state index contributed by atoms with van der Waals surface area (Å²) in [4.78, 5) is 20.7. The van der Waals surface area contributed by atoms with Crippen molar-refractivity contribution in [3.8, 4) is 56.5 Å². The lowest BCUT2D eigenvalue weighted by Gasteiger charge is -2.16. The maximum atomic E-state index is 6.54. The van der Waals surface area contributed by atoms with Crippen molar-refractivity contribution in [3.05, 3.63) is 157 Å². The van der Waals surface area contributed by atoms with Gasteiger partial charge in [0.1, 0.15) is 28.0 Å². The Morgan fingerprint density at radius 3 is 1.77 bits per heavy atom. The van der Waals surface area contributed by atoms with Crippen LogP contribution in [0, 0.1) is 0 Å². The van der Waals surface area contributed by atoms with E-state index in [0.29, 0.717) is 17.2 Å². The molecule has 4 heterocycles. The molecule has 4 aromatic heterocycles. The van der Waals surface area contributed by atoms with Gasteiger partial charge in [0.2, 0.25) is 0 Å². The predicted octanol–water partition coefficient (Wildman–Crippen LogP) is 12.0. The van der Waals surface area contributed by atoms with Gasteiger partial charge in [-0.2, -0.15) is 0 Å². The monoisotopic (exact) mass is 670 g/mol. The highest BCUT2D eigenvalue weighted by Crippen LogP contribution is 2.42. The molecule has 0 aliphatic carbocycles. The minimum atomic E-state index is 0.642. The molecule has 0 saturated heterocycles. The highest BCUT2D eigenvalue weighted by molar-refractivity contribution is 6.14. The van der Waals surface area contributed by atoms with E-state index in [2.05, 4.69) is 61.5 Å². The van der Waals surface area contributed by atoms with Crippen molar-refractivity contribution in [2.45, 2.75) is 13.3 Å². The maximum Gasteiger partial charge on any atom is 0.180 e. The standard InChI is InChI=1S/C46H30N4O2/c1-2-32-40(28-15-6-3-7-16-28)47-45(29-17-8-4-9-18-29)49-42(32)34-22-14-24-38-39(34)35-27-31(25-26-37(35)51-38)41-44-43(33-21-12-13-23-36(33)52-44)50-46(48-41)30-19-10-5-11-20-30/h3-27H,2H2,1H3. The van der Waals surface area contributed by atoms with Gasteiger partial charge in [0.25, 0.3) is 0 Å². The number of fused-ring (bicyclic) bond motifs is 6. The van der Waals surface area contributed by atoms with Crippen LogP contribution in [0.3, 0.4) is 0 Å². The second kappa shape index (κ2) is 12.1. The Balaban J connectivity index is 1.24. The summed E-state index contributed by atoms with van der Waals surface area (Å²) in [5, 5.41) is 2.91. The van der Waals surface area contributed by atoms with Crippen molar-refractivity contribution in [1.29, 1.82) is 0 Å². The zero-order chi connectivity index (χ0) is 34.6. The highest BCUT2D eigenvalue weighted by Gasteiger charge is 2.23. The molecule has 0 spiro atoms. The summed E-state index contributed by atoms with van der Waals surface area (Å²) in [5.74, 6) is 1.32. The van der Waals surface area contributed by atoms with E-state index in [4.69, 9.17) is 28.8 Å². The van der Waals surface area contributed by atoms with Crippen LogP contribution >= 0.6 is 0 Å². The number of benzene rings is 6. The molecule has 6 nitrogen and oxygen atoms in total. The Morgan fingerprint density at radius 1 is 0.442 bits per heavy atom. The first-order valence-corrected chi connectivity index (χ1v) is 17.5. The van der Waals surface area contributed by atoms with Crippen LogP contribution in [0.1, 0.15) is 12.5 Å². The average Bonchev–Trinajstić information content (AvgIpc) is 3.79. The summed E-state index contributed by atoms with van der Waals surface area (Å²) in [5.41, 5.74) is 12.2. The topological polar surface area (TPSA) is 77.8 Å². The van der Waals surface area contributed by atoms with E-state index in [1.807, 2.05) is 97.1 Å². The molecule has 0 fully saturated rings. The van der Waals surface area contributed by atoms with E-state index in [9.17, 15) is 0 Å². The van der Waals surface area contributed by atoms with E-state index in [1.54, 1.807) is 0 Å². The summed E-state index contributed by atoms with van der Waals surface area (Å²) < 4.78 is 13.0. The summed E-state index contributed by atoms with van der Waals surface area (Å²) >= 11 is 0. The van der Waals surface area contributed by atoms with Gasteiger partial charge in [-0.25, -0.2) is 19.9 Å². The lowest BCUT2D eigenvalue weighted by molar-refractivity contribution is 0.666. The van der Waals surface area contributed by atoms with Gasteiger partial charge in [-0.1, -0.05) is 122 Å². The number of rotatable bonds is 6. The molecule has 10 rings (SSSR count). The Bertz CT molecular complexity index is 2930. The number of hydrogen-bond acceptors (Lipinski definition) is 6. The van der Waals surface area contributed by atoms with Gasteiger partial charge in [0.05, 0.1) is 11.4 Å². The molecule has 0 unspecified atom stereocenters. The molecular weight excluding hydrogens is 641 g/mol. The minimum Gasteiger partial charge on any atom is -0.456 e. The molecule has 0 aliphatic heterocycles. The molecular formula is C46H30N4O2. The smallest absolute Gasteiger partial charge is 0.180 e. The van der Waals surface area contributed by atoms with Gasteiger partial charge in [-0.15, -0.1) is 0 Å². The van der Waals surface area contributed by atoms with Crippen LogP contribution in [0.5, 0.6) is 0 Å². The van der Waals surface area contributed by atoms with Gasteiger partial charge in [-0.3, -0.25) is 0 Å². The van der Waals surface area contributed by atoms with Gasteiger partial charge in [0.15, 0.2) is 17.2 Å². The van der Waals surface area contributed by atoms with E-state index in [-0.39, 0.29) is 0 Å². The Kier molecular flexibility index (Phi) is 6.99. The zero-order valence-electron chi connectivity index (χ0n) is 28.2. The van der Waals surface area contributed by atoms with Crippen molar-refractivity contribution in [2.75, 3.05) is 0 Å². The maximum absolute atomic E-state index is 6.54. The third-order valence-corrected chi connectivity index (χ3v) is 9.72. The number of aromatic nitrogens is 4. The minimum absolute atomic E-state index is 0.642. The van der Waals surface area contributed by atoms with Crippen molar-refractivity contribution >= 4 is 44.0 Å².